The van der Waals surface area contributed by atoms with Gasteiger partial charge in [0.25, 0.3) is 0 Å². The lowest BCUT2D eigenvalue weighted by Gasteiger charge is -2.07. The molecule has 1 saturated carbocycles. The third-order valence-corrected chi connectivity index (χ3v) is 4.10. The number of anilines is 2. The van der Waals surface area contributed by atoms with E-state index in [2.05, 4.69) is 25.1 Å². The number of hydrogen-bond donors (Lipinski definition) is 1. The Morgan fingerprint density at radius 2 is 2.19 bits per heavy atom. The highest BCUT2D eigenvalue weighted by atomic mass is 19.1. The quantitative estimate of drug-likeness (QED) is 0.709. The maximum atomic E-state index is 14.1. The Balaban J connectivity index is 1.56. The Labute approximate surface area is 148 Å². The lowest BCUT2D eigenvalue weighted by Crippen LogP contribution is -2.04. The zero-order valence-corrected chi connectivity index (χ0v) is 14.0. The lowest BCUT2D eigenvalue weighted by molar-refractivity contribution is 0.0595. The summed E-state index contributed by atoms with van der Waals surface area (Å²) in [6.07, 6.45) is 7.53. The van der Waals surface area contributed by atoms with Gasteiger partial charge in [-0.1, -0.05) is 6.07 Å². The molecule has 7 nitrogen and oxygen atoms in total. The molecule has 1 fully saturated rings. The number of nitrogens with zero attached hydrogens (tertiary/aromatic N) is 4. The molecule has 132 valence electrons. The van der Waals surface area contributed by atoms with Gasteiger partial charge in [0.15, 0.2) is 0 Å². The fourth-order valence-corrected chi connectivity index (χ4v) is 2.60. The van der Waals surface area contributed by atoms with Gasteiger partial charge < -0.3 is 10.1 Å². The molecule has 8 heteroatoms. The molecule has 2 aromatic heterocycles. The third kappa shape index (κ3) is 3.26. The van der Waals surface area contributed by atoms with E-state index >= 15 is 0 Å². The van der Waals surface area contributed by atoms with Crippen LogP contribution < -0.4 is 5.32 Å². The number of halogens is 1. The molecule has 1 aliphatic rings. The predicted octanol–water partition coefficient (Wildman–Crippen LogP) is 3.34. The number of nitrogens with one attached hydrogen (secondary N) is 1. The van der Waals surface area contributed by atoms with Gasteiger partial charge in [0, 0.05) is 18.0 Å². The normalized spacial score (nSPS) is 13.5. The average Bonchev–Trinajstić information content (AvgIpc) is 3.41. The summed E-state index contributed by atoms with van der Waals surface area (Å²) in [4.78, 5) is 20.1. The number of benzene rings is 1. The molecular formula is C18H16FN5O2. The molecule has 1 aromatic carbocycles. The van der Waals surface area contributed by atoms with E-state index in [1.54, 1.807) is 24.5 Å². The van der Waals surface area contributed by atoms with Crippen LogP contribution in [0.2, 0.25) is 0 Å². The maximum Gasteiger partial charge on any atom is 0.340 e. The number of carbonyl (C=O) groups is 1. The van der Waals surface area contributed by atoms with Gasteiger partial charge in [-0.05, 0) is 31.0 Å². The molecule has 0 bridgehead atoms. The molecule has 0 atom stereocenters. The summed E-state index contributed by atoms with van der Waals surface area (Å²) in [6.45, 7) is 0. The van der Waals surface area contributed by atoms with Gasteiger partial charge in [0.2, 0.25) is 5.95 Å². The minimum Gasteiger partial charge on any atom is -0.465 e. The summed E-state index contributed by atoms with van der Waals surface area (Å²) in [5.41, 5.74) is 1.75. The number of aromatic nitrogens is 4. The van der Waals surface area contributed by atoms with Crippen molar-refractivity contribution in [2.75, 3.05) is 12.4 Å². The summed E-state index contributed by atoms with van der Waals surface area (Å²) < 4.78 is 20.6. The monoisotopic (exact) mass is 353 g/mol. The molecule has 2 heterocycles. The SMILES string of the molecule is COC(=O)c1ccc(-c2ccnc(Nc3cnn(C4CC4)c3)n2)cc1F. The number of methoxy groups -OCH3 is 1. The Morgan fingerprint density at radius 3 is 2.92 bits per heavy atom. The highest BCUT2D eigenvalue weighted by Gasteiger charge is 2.24. The second-order valence-electron chi connectivity index (χ2n) is 6.02. The molecule has 0 amide bonds. The number of carbonyl (C=O) groups excluding carboxylic acids is 1. The van der Waals surface area contributed by atoms with Crippen LogP contribution in [0.5, 0.6) is 0 Å². The first-order chi connectivity index (χ1) is 12.6. The van der Waals surface area contributed by atoms with E-state index in [9.17, 15) is 9.18 Å². The van der Waals surface area contributed by atoms with E-state index in [0.29, 0.717) is 23.2 Å². The Kier molecular flexibility index (Phi) is 4.08. The minimum atomic E-state index is -0.716. The smallest absolute Gasteiger partial charge is 0.340 e. The van der Waals surface area contributed by atoms with Crippen molar-refractivity contribution in [3.05, 3.63) is 54.2 Å². The van der Waals surface area contributed by atoms with E-state index in [0.717, 1.165) is 18.5 Å². The highest BCUT2D eigenvalue weighted by molar-refractivity contribution is 5.90. The fraction of sp³-hybridized carbons (Fsp3) is 0.222. The van der Waals surface area contributed by atoms with Crippen LogP contribution in [-0.4, -0.2) is 32.8 Å². The minimum absolute atomic E-state index is 0.115. The molecule has 0 radical (unpaired) electrons. The second kappa shape index (κ2) is 6.55. The largest absolute Gasteiger partial charge is 0.465 e. The van der Waals surface area contributed by atoms with Crippen LogP contribution in [0.1, 0.15) is 29.2 Å². The predicted molar refractivity (Wildman–Crippen MR) is 92.5 cm³/mol. The van der Waals surface area contributed by atoms with E-state index in [1.807, 2.05) is 10.9 Å². The van der Waals surface area contributed by atoms with Gasteiger partial charge in [-0.3, -0.25) is 4.68 Å². The highest BCUT2D eigenvalue weighted by Crippen LogP contribution is 2.34. The zero-order chi connectivity index (χ0) is 18.1. The van der Waals surface area contributed by atoms with E-state index in [1.165, 1.54) is 19.2 Å². The van der Waals surface area contributed by atoms with Gasteiger partial charge in [-0.15, -0.1) is 0 Å². The summed E-state index contributed by atoms with van der Waals surface area (Å²) in [5.74, 6) is -0.991. The van der Waals surface area contributed by atoms with Crippen molar-refractivity contribution in [2.45, 2.75) is 18.9 Å². The fourth-order valence-electron chi connectivity index (χ4n) is 2.60. The first kappa shape index (κ1) is 16.2. The number of hydrogen-bond acceptors (Lipinski definition) is 6. The summed E-state index contributed by atoms with van der Waals surface area (Å²) >= 11 is 0. The van der Waals surface area contributed by atoms with E-state index in [4.69, 9.17) is 0 Å². The van der Waals surface area contributed by atoms with Gasteiger partial charge in [-0.25, -0.2) is 19.2 Å². The lowest BCUT2D eigenvalue weighted by atomic mass is 10.1. The number of ether oxygens (including phenoxy) is 1. The average molecular weight is 353 g/mol. The van der Waals surface area contributed by atoms with Gasteiger partial charge in [0.05, 0.1) is 36.3 Å². The Morgan fingerprint density at radius 1 is 1.35 bits per heavy atom. The van der Waals surface area contributed by atoms with Crippen molar-refractivity contribution in [3.8, 4) is 11.3 Å². The summed E-state index contributed by atoms with van der Waals surface area (Å²) in [7, 11) is 1.21. The van der Waals surface area contributed by atoms with Crippen molar-refractivity contribution in [1.29, 1.82) is 0 Å². The van der Waals surface area contributed by atoms with Crippen molar-refractivity contribution in [1.82, 2.24) is 19.7 Å². The van der Waals surface area contributed by atoms with Crippen LogP contribution >= 0.6 is 0 Å². The van der Waals surface area contributed by atoms with Crippen molar-refractivity contribution < 1.29 is 13.9 Å². The molecule has 1 aliphatic carbocycles. The van der Waals surface area contributed by atoms with E-state index in [-0.39, 0.29) is 5.56 Å². The van der Waals surface area contributed by atoms with Crippen LogP contribution in [-0.2, 0) is 4.74 Å². The van der Waals surface area contributed by atoms with Gasteiger partial charge in [-0.2, -0.15) is 5.10 Å². The summed E-state index contributed by atoms with van der Waals surface area (Å²) in [5, 5.41) is 7.40. The van der Waals surface area contributed by atoms with Crippen molar-refractivity contribution >= 4 is 17.6 Å². The standard InChI is InChI=1S/C18H16FN5O2/c1-26-17(25)14-5-2-11(8-15(14)19)16-6-7-20-18(23-16)22-12-9-21-24(10-12)13-3-4-13/h2,5-10,13H,3-4H2,1H3,(H,20,22,23). The number of rotatable bonds is 5. The molecule has 4 rings (SSSR count). The van der Waals surface area contributed by atoms with Crippen LogP contribution in [0.3, 0.4) is 0 Å². The topological polar surface area (TPSA) is 81.9 Å². The van der Waals surface area contributed by atoms with Crippen LogP contribution in [0, 0.1) is 5.82 Å². The molecule has 26 heavy (non-hydrogen) atoms. The maximum absolute atomic E-state index is 14.1. The molecule has 1 N–H and O–H groups in total. The second-order valence-corrected chi connectivity index (χ2v) is 6.02. The Bertz CT molecular complexity index is 968. The van der Waals surface area contributed by atoms with Crippen LogP contribution in [0.4, 0.5) is 16.0 Å². The van der Waals surface area contributed by atoms with Crippen molar-refractivity contribution in [3.63, 3.8) is 0 Å². The van der Waals surface area contributed by atoms with Crippen LogP contribution in [0.25, 0.3) is 11.3 Å². The van der Waals surface area contributed by atoms with Gasteiger partial charge in [0.1, 0.15) is 5.82 Å². The Hall–Kier alpha value is -3.29. The van der Waals surface area contributed by atoms with Crippen molar-refractivity contribution in [2.24, 2.45) is 0 Å². The van der Waals surface area contributed by atoms with Crippen LogP contribution in [0.15, 0.2) is 42.9 Å². The molecule has 0 spiro atoms. The third-order valence-electron chi connectivity index (χ3n) is 4.10. The number of esters is 1. The molecule has 0 saturated heterocycles. The first-order valence-corrected chi connectivity index (χ1v) is 8.16. The van der Waals surface area contributed by atoms with Gasteiger partial charge >= 0.3 is 5.97 Å². The zero-order valence-electron chi connectivity index (χ0n) is 14.0. The molecule has 0 aliphatic heterocycles. The first-order valence-electron chi connectivity index (χ1n) is 8.16. The molecule has 0 unspecified atom stereocenters. The summed E-state index contributed by atoms with van der Waals surface area (Å²) in [6, 6.07) is 6.42. The molecule has 3 aromatic rings. The molecular weight excluding hydrogens is 337 g/mol. The van der Waals surface area contributed by atoms with E-state index < -0.39 is 11.8 Å².